The van der Waals surface area contributed by atoms with E-state index in [9.17, 15) is 17.6 Å². The number of halogens is 1. The fourth-order valence-electron chi connectivity index (χ4n) is 3.38. The molecule has 2 aromatic rings. The third kappa shape index (κ3) is 4.94. The first-order valence-corrected chi connectivity index (χ1v) is 11.1. The van der Waals surface area contributed by atoms with E-state index in [0.717, 1.165) is 23.4 Å². The van der Waals surface area contributed by atoms with Crippen molar-refractivity contribution < 1.29 is 17.6 Å². The quantitative estimate of drug-likeness (QED) is 0.809. The van der Waals surface area contributed by atoms with Gasteiger partial charge in [0.1, 0.15) is 5.82 Å². The molecule has 1 heterocycles. The number of benzene rings is 2. The molecule has 1 aliphatic heterocycles. The minimum absolute atomic E-state index is 0.116. The summed E-state index contributed by atoms with van der Waals surface area (Å²) in [6.07, 6.45) is 0. The first-order valence-electron chi connectivity index (χ1n) is 9.60. The molecule has 0 saturated carbocycles. The molecule has 0 radical (unpaired) electrons. The lowest BCUT2D eigenvalue weighted by molar-refractivity contribution is 0.0741. The smallest absolute Gasteiger partial charge is 0.256 e. The normalized spacial score (nSPS) is 15.1. The minimum Gasteiger partial charge on any atom is -0.368 e. The Labute approximate surface area is 171 Å². The van der Waals surface area contributed by atoms with Crippen LogP contribution in [0.25, 0.3) is 0 Å². The van der Waals surface area contributed by atoms with Crippen molar-refractivity contribution in [2.75, 3.05) is 31.1 Å². The van der Waals surface area contributed by atoms with Gasteiger partial charge in [-0.2, -0.15) is 0 Å². The topological polar surface area (TPSA) is 69.7 Å². The maximum Gasteiger partial charge on any atom is 0.256 e. The first-order chi connectivity index (χ1) is 13.7. The number of rotatable bonds is 5. The number of carbonyl (C=O) groups excluding carboxylic acids is 1. The van der Waals surface area contributed by atoms with E-state index in [1.165, 1.54) is 6.07 Å². The zero-order valence-electron chi connectivity index (χ0n) is 16.9. The molecule has 1 N–H and O–H groups in total. The first kappa shape index (κ1) is 21.3. The molecule has 8 heteroatoms. The average Bonchev–Trinajstić information content (AvgIpc) is 2.67. The van der Waals surface area contributed by atoms with Gasteiger partial charge in [-0.05, 0) is 56.7 Å². The largest absolute Gasteiger partial charge is 0.368 e. The van der Waals surface area contributed by atoms with Crippen molar-refractivity contribution in [3.05, 3.63) is 59.4 Å². The van der Waals surface area contributed by atoms with E-state index in [-0.39, 0.29) is 16.5 Å². The Morgan fingerprint density at radius 3 is 2.38 bits per heavy atom. The van der Waals surface area contributed by atoms with E-state index < -0.39 is 21.7 Å². The molecule has 0 aliphatic carbocycles. The lowest BCUT2D eigenvalue weighted by Crippen LogP contribution is -2.49. The fourth-order valence-corrected chi connectivity index (χ4v) is 4.65. The van der Waals surface area contributed by atoms with Crippen LogP contribution in [0.5, 0.6) is 0 Å². The number of piperazine rings is 1. The molecule has 6 nitrogen and oxygen atoms in total. The van der Waals surface area contributed by atoms with Gasteiger partial charge in [0.15, 0.2) is 0 Å². The van der Waals surface area contributed by atoms with Gasteiger partial charge in [-0.15, -0.1) is 0 Å². The predicted octanol–water partition coefficient (Wildman–Crippen LogP) is 2.78. The summed E-state index contributed by atoms with van der Waals surface area (Å²) in [5, 5.41) is 0. The summed E-state index contributed by atoms with van der Waals surface area (Å²) in [7, 11) is -3.81. The number of hydrogen-bond acceptors (Lipinski definition) is 4. The van der Waals surface area contributed by atoms with E-state index in [0.29, 0.717) is 26.2 Å². The lowest BCUT2D eigenvalue weighted by atomic mass is 10.1. The third-order valence-corrected chi connectivity index (χ3v) is 6.46. The highest BCUT2D eigenvalue weighted by molar-refractivity contribution is 7.89. The van der Waals surface area contributed by atoms with Gasteiger partial charge in [0.2, 0.25) is 10.0 Å². The average molecular weight is 420 g/mol. The van der Waals surface area contributed by atoms with Crippen LogP contribution >= 0.6 is 0 Å². The Kier molecular flexibility index (Phi) is 6.24. The van der Waals surface area contributed by atoms with E-state index in [4.69, 9.17) is 0 Å². The zero-order valence-corrected chi connectivity index (χ0v) is 17.7. The van der Waals surface area contributed by atoms with Crippen molar-refractivity contribution >= 4 is 21.6 Å². The molecule has 0 spiro atoms. The lowest BCUT2D eigenvalue weighted by Gasteiger charge is -2.36. The molecule has 0 bridgehead atoms. The van der Waals surface area contributed by atoms with Gasteiger partial charge < -0.3 is 9.80 Å². The molecular weight excluding hydrogens is 393 g/mol. The predicted molar refractivity (Wildman–Crippen MR) is 111 cm³/mol. The van der Waals surface area contributed by atoms with Gasteiger partial charge >= 0.3 is 0 Å². The maximum atomic E-state index is 14.3. The monoisotopic (exact) mass is 419 g/mol. The van der Waals surface area contributed by atoms with Crippen LogP contribution in [-0.2, 0) is 10.0 Å². The van der Waals surface area contributed by atoms with Crippen molar-refractivity contribution in [2.24, 2.45) is 0 Å². The number of carbonyl (C=O) groups is 1. The summed E-state index contributed by atoms with van der Waals surface area (Å²) in [4.78, 5) is 16.5. The fraction of sp³-hybridized carbons (Fsp3) is 0.381. The summed E-state index contributed by atoms with van der Waals surface area (Å²) in [5.41, 5.74) is 2.04. The Morgan fingerprint density at radius 2 is 1.76 bits per heavy atom. The molecule has 0 atom stereocenters. The van der Waals surface area contributed by atoms with Gasteiger partial charge in [-0.1, -0.05) is 12.1 Å². The highest BCUT2D eigenvalue weighted by atomic mass is 32.2. The van der Waals surface area contributed by atoms with Gasteiger partial charge in [0, 0.05) is 37.9 Å². The van der Waals surface area contributed by atoms with Crippen LogP contribution in [0.3, 0.4) is 0 Å². The van der Waals surface area contributed by atoms with Crippen LogP contribution in [0.4, 0.5) is 10.1 Å². The van der Waals surface area contributed by atoms with Crippen LogP contribution < -0.4 is 9.62 Å². The molecule has 0 unspecified atom stereocenters. The molecule has 29 heavy (non-hydrogen) atoms. The zero-order chi connectivity index (χ0) is 21.2. The van der Waals surface area contributed by atoms with Crippen molar-refractivity contribution in [1.82, 2.24) is 9.62 Å². The molecule has 1 fully saturated rings. The van der Waals surface area contributed by atoms with Crippen molar-refractivity contribution in [2.45, 2.75) is 31.7 Å². The number of nitrogens with one attached hydrogen (secondary N) is 1. The standard InChI is InChI=1S/C21H26FN3O3S/c1-15(2)23-29(27,28)18-7-8-20(22)19(14-18)21(26)25-11-9-24(10-12-25)17-6-4-5-16(3)13-17/h4-8,13-15,23H,9-12H2,1-3H3. The third-order valence-electron chi connectivity index (χ3n) is 4.80. The number of nitrogens with zero attached hydrogens (tertiary/aromatic N) is 2. The molecule has 3 rings (SSSR count). The molecule has 156 valence electrons. The van der Waals surface area contributed by atoms with Crippen molar-refractivity contribution in [3.8, 4) is 0 Å². The number of sulfonamides is 1. The number of anilines is 1. The Hall–Kier alpha value is -2.45. The number of hydrogen-bond donors (Lipinski definition) is 1. The second-order valence-corrected chi connectivity index (χ2v) is 9.25. The van der Waals surface area contributed by atoms with Crippen LogP contribution in [0.2, 0.25) is 0 Å². The van der Waals surface area contributed by atoms with E-state index in [1.807, 2.05) is 25.1 Å². The Bertz CT molecular complexity index is 1000. The minimum atomic E-state index is -3.81. The summed E-state index contributed by atoms with van der Waals surface area (Å²) in [5.74, 6) is -1.22. The van der Waals surface area contributed by atoms with Crippen LogP contribution in [0, 0.1) is 12.7 Å². The van der Waals surface area contributed by atoms with E-state index in [2.05, 4.69) is 15.7 Å². The summed E-state index contributed by atoms with van der Waals surface area (Å²) >= 11 is 0. The Balaban J connectivity index is 1.75. The maximum absolute atomic E-state index is 14.3. The molecule has 1 amide bonds. The molecule has 0 aromatic heterocycles. The van der Waals surface area contributed by atoms with Gasteiger partial charge in [0.05, 0.1) is 10.5 Å². The van der Waals surface area contributed by atoms with E-state index in [1.54, 1.807) is 18.7 Å². The number of aryl methyl sites for hydroxylation is 1. The molecule has 1 aliphatic rings. The molecular formula is C21H26FN3O3S. The van der Waals surface area contributed by atoms with Gasteiger partial charge in [-0.3, -0.25) is 4.79 Å². The highest BCUT2D eigenvalue weighted by Gasteiger charge is 2.26. The molecule has 2 aromatic carbocycles. The van der Waals surface area contributed by atoms with Crippen LogP contribution in [-0.4, -0.2) is 51.4 Å². The van der Waals surface area contributed by atoms with Crippen molar-refractivity contribution in [1.29, 1.82) is 0 Å². The molecule has 1 saturated heterocycles. The van der Waals surface area contributed by atoms with Crippen LogP contribution in [0.1, 0.15) is 29.8 Å². The van der Waals surface area contributed by atoms with Gasteiger partial charge in [0.25, 0.3) is 5.91 Å². The summed E-state index contributed by atoms with van der Waals surface area (Å²) in [6.45, 7) is 7.55. The number of amides is 1. The summed E-state index contributed by atoms with van der Waals surface area (Å²) in [6, 6.07) is 11.2. The highest BCUT2D eigenvalue weighted by Crippen LogP contribution is 2.21. The SMILES string of the molecule is Cc1cccc(N2CCN(C(=O)c3cc(S(=O)(=O)NC(C)C)ccc3F)CC2)c1. The second kappa shape index (κ2) is 8.51. The Morgan fingerprint density at radius 1 is 1.07 bits per heavy atom. The van der Waals surface area contributed by atoms with Gasteiger partial charge in [-0.25, -0.2) is 17.5 Å². The summed E-state index contributed by atoms with van der Waals surface area (Å²) < 4.78 is 41.5. The van der Waals surface area contributed by atoms with E-state index >= 15 is 0 Å². The van der Waals surface area contributed by atoms with Crippen molar-refractivity contribution in [3.63, 3.8) is 0 Å². The second-order valence-electron chi connectivity index (χ2n) is 7.54. The van der Waals surface area contributed by atoms with Crippen LogP contribution in [0.15, 0.2) is 47.4 Å².